The summed E-state index contributed by atoms with van der Waals surface area (Å²) in [5.74, 6) is 0.118. The smallest absolute Gasteiger partial charge is 0.310 e. The van der Waals surface area contributed by atoms with Crippen molar-refractivity contribution in [2.24, 2.45) is 5.92 Å². The standard InChI is InChI=1S/C16H19NO2/c1-10-7-11(5-6-12(10)9-17)13-8-14(13)15(18)19-16(2,3)4/h5-7,13-14H,8H2,1-4H3/t13-,14+/m1/s1. The predicted molar refractivity (Wildman–Crippen MR) is 72.6 cm³/mol. The largest absolute Gasteiger partial charge is 0.460 e. The summed E-state index contributed by atoms with van der Waals surface area (Å²) in [4.78, 5) is 11.9. The summed E-state index contributed by atoms with van der Waals surface area (Å²) in [6, 6.07) is 7.94. The molecule has 1 fully saturated rings. The van der Waals surface area contributed by atoms with Crippen molar-refractivity contribution in [3.63, 3.8) is 0 Å². The van der Waals surface area contributed by atoms with Crippen molar-refractivity contribution in [3.05, 3.63) is 34.9 Å². The first-order chi connectivity index (χ1) is 8.81. The lowest BCUT2D eigenvalue weighted by atomic mass is 10.0. The van der Waals surface area contributed by atoms with Crippen molar-refractivity contribution in [2.45, 2.75) is 45.6 Å². The summed E-state index contributed by atoms with van der Waals surface area (Å²) in [6.07, 6.45) is 0.847. The van der Waals surface area contributed by atoms with E-state index in [1.807, 2.05) is 45.9 Å². The lowest BCUT2D eigenvalue weighted by Crippen LogP contribution is -2.25. The number of nitrogens with zero attached hydrogens (tertiary/aromatic N) is 1. The van der Waals surface area contributed by atoms with Gasteiger partial charge in [-0.3, -0.25) is 4.79 Å². The summed E-state index contributed by atoms with van der Waals surface area (Å²) < 4.78 is 5.40. The van der Waals surface area contributed by atoms with E-state index in [4.69, 9.17) is 10.00 Å². The van der Waals surface area contributed by atoms with Gasteiger partial charge in [-0.25, -0.2) is 0 Å². The maximum atomic E-state index is 11.9. The van der Waals surface area contributed by atoms with Crippen LogP contribution in [0.3, 0.4) is 0 Å². The number of carbonyl (C=O) groups is 1. The van der Waals surface area contributed by atoms with E-state index in [-0.39, 0.29) is 17.8 Å². The molecule has 0 aromatic heterocycles. The molecule has 2 rings (SSSR count). The molecule has 0 amide bonds. The normalized spacial score (nSPS) is 21.6. The Morgan fingerprint density at radius 3 is 2.63 bits per heavy atom. The fourth-order valence-corrected chi connectivity index (χ4v) is 2.24. The van der Waals surface area contributed by atoms with Crippen LogP contribution in [0.4, 0.5) is 0 Å². The number of carbonyl (C=O) groups excluding carboxylic acids is 1. The Labute approximate surface area is 114 Å². The molecule has 0 aliphatic heterocycles. The van der Waals surface area contributed by atoms with E-state index >= 15 is 0 Å². The summed E-state index contributed by atoms with van der Waals surface area (Å²) in [5.41, 5.74) is 2.37. The van der Waals surface area contributed by atoms with Crippen LogP contribution < -0.4 is 0 Å². The molecule has 3 heteroatoms. The Morgan fingerprint density at radius 1 is 1.42 bits per heavy atom. The number of rotatable bonds is 2. The monoisotopic (exact) mass is 257 g/mol. The molecule has 1 aromatic rings. The quantitative estimate of drug-likeness (QED) is 0.764. The zero-order valence-electron chi connectivity index (χ0n) is 11.9. The van der Waals surface area contributed by atoms with Gasteiger partial charge in [-0.15, -0.1) is 0 Å². The minimum absolute atomic E-state index is 0.0217. The average Bonchev–Trinajstić information content (AvgIpc) is 3.06. The van der Waals surface area contributed by atoms with Crippen molar-refractivity contribution in [1.29, 1.82) is 5.26 Å². The molecule has 0 unspecified atom stereocenters. The number of ether oxygens (including phenoxy) is 1. The molecule has 1 aliphatic rings. The number of aryl methyl sites for hydroxylation is 1. The summed E-state index contributed by atoms with van der Waals surface area (Å²) in [6.45, 7) is 7.57. The van der Waals surface area contributed by atoms with Crippen LogP contribution in [0.15, 0.2) is 18.2 Å². The van der Waals surface area contributed by atoms with E-state index in [0.717, 1.165) is 17.5 Å². The summed E-state index contributed by atoms with van der Waals surface area (Å²) in [7, 11) is 0. The minimum Gasteiger partial charge on any atom is -0.460 e. The topological polar surface area (TPSA) is 50.1 Å². The van der Waals surface area contributed by atoms with E-state index in [1.54, 1.807) is 0 Å². The van der Waals surface area contributed by atoms with Crippen LogP contribution >= 0.6 is 0 Å². The molecule has 0 saturated heterocycles. The fraction of sp³-hybridized carbons (Fsp3) is 0.500. The van der Waals surface area contributed by atoms with Gasteiger partial charge in [0.1, 0.15) is 5.60 Å². The highest BCUT2D eigenvalue weighted by molar-refractivity contribution is 5.77. The van der Waals surface area contributed by atoms with E-state index in [2.05, 4.69) is 6.07 Å². The SMILES string of the molecule is Cc1cc([C@H]2C[C@@H]2C(=O)OC(C)(C)C)ccc1C#N. The maximum Gasteiger partial charge on any atom is 0.310 e. The number of nitriles is 1. The second kappa shape index (κ2) is 4.70. The van der Waals surface area contributed by atoms with Crippen LogP contribution in [0.2, 0.25) is 0 Å². The van der Waals surface area contributed by atoms with Gasteiger partial charge in [0.25, 0.3) is 0 Å². The van der Waals surface area contributed by atoms with Crippen molar-refractivity contribution in [1.82, 2.24) is 0 Å². The zero-order chi connectivity index (χ0) is 14.2. The molecular weight excluding hydrogens is 238 g/mol. The fourth-order valence-electron chi connectivity index (χ4n) is 2.24. The molecule has 1 aromatic carbocycles. The van der Waals surface area contributed by atoms with Crippen molar-refractivity contribution in [3.8, 4) is 6.07 Å². The lowest BCUT2D eigenvalue weighted by molar-refractivity contribution is -0.156. The van der Waals surface area contributed by atoms with Crippen molar-refractivity contribution < 1.29 is 9.53 Å². The van der Waals surface area contributed by atoms with Gasteiger partial charge in [0, 0.05) is 0 Å². The average molecular weight is 257 g/mol. The highest BCUT2D eigenvalue weighted by Gasteiger charge is 2.46. The molecule has 2 atom stereocenters. The summed E-state index contributed by atoms with van der Waals surface area (Å²) >= 11 is 0. The Bertz CT molecular complexity index is 549. The Morgan fingerprint density at radius 2 is 2.11 bits per heavy atom. The first kappa shape index (κ1) is 13.6. The van der Waals surface area contributed by atoms with Crippen molar-refractivity contribution >= 4 is 5.97 Å². The van der Waals surface area contributed by atoms with Crippen LogP contribution in [-0.2, 0) is 9.53 Å². The molecule has 1 saturated carbocycles. The third-order valence-corrected chi connectivity index (χ3v) is 3.30. The van der Waals surface area contributed by atoms with Crippen LogP contribution in [0.25, 0.3) is 0 Å². The van der Waals surface area contributed by atoms with Gasteiger partial charge in [0.05, 0.1) is 17.6 Å². The molecule has 19 heavy (non-hydrogen) atoms. The molecule has 0 spiro atoms. The van der Waals surface area contributed by atoms with E-state index in [0.29, 0.717) is 5.56 Å². The van der Waals surface area contributed by atoms with Gasteiger partial charge in [-0.1, -0.05) is 12.1 Å². The van der Waals surface area contributed by atoms with Gasteiger partial charge >= 0.3 is 5.97 Å². The molecule has 0 heterocycles. The van der Waals surface area contributed by atoms with Crippen molar-refractivity contribution in [2.75, 3.05) is 0 Å². The molecule has 3 nitrogen and oxygen atoms in total. The number of hydrogen-bond acceptors (Lipinski definition) is 3. The van der Waals surface area contributed by atoms with Crippen LogP contribution in [0, 0.1) is 24.2 Å². The zero-order valence-corrected chi connectivity index (χ0v) is 11.9. The van der Waals surface area contributed by atoms with Crippen LogP contribution in [-0.4, -0.2) is 11.6 Å². The third-order valence-electron chi connectivity index (χ3n) is 3.30. The van der Waals surface area contributed by atoms with Crippen LogP contribution in [0.1, 0.15) is 49.8 Å². The highest BCUT2D eigenvalue weighted by Crippen LogP contribution is 2.48. The van der Waals surface area contributed by atoms with Gasteiger partial charge < -0.3 is 4.74 Å². The Hall–Kier alpha value is -1.82. The van der Waals surface area contributed by atoms with Gasteiger partial charge in [-0.2, -0.15) is 5.26 Å². The summed E-state index contributed by atoms with van der Waals surface area (Å²) in [5, 5.41) is 8.91. The predicted octanol–water partition coefficient (Wildman–Crippen LogP) is 3.31. The molecule has 0 radical (unpaired) electrons. The molecular formula is C16H19NO2. The second-order valence-corrected chi connectivity index (χ2v) is 6.17. The van der Waals surface area contributed by atoms with E-state index in [1.165, 1.54) is 0 Å². The third kappa shape index (κ3) is 3.14. The number of hydrogen-bond donors (Lipinski definition) is 0. The van der Waals surface area contributed by atoms with E-state index in [9.17, 15) is 4.79 Å². The number of benzene rings is 1. The minimum atomic E-state index is -0.426. The first-order valence-electron chi connectivity index (χ1n) is 6.55. The van der Waals surface area contributed by atoms with E-state index < -0.39 is 5.60 Å². The Kier molecular flexibility index (Phi) is 3.36. The molecule has 0 N–H and O–H groups in total. The molecule has 100 valence electrons. The molecule has 1 aliphatic carbocycles. The first-order valence-corrected chi connectivity index (χ1v) is 6.55. The lowest BCUT2D eigenvalue weighted by Gasteiger charge is -2.19. The number of esters is 1. The van der Waals surface area contributed by atoms with Crippen LogP contribution in [0.5, 0.6) is 0 Å². The Balaban J connectivity index is 2.06. The van der Waals surface area contributed by atoms with Gasteiger partial charge in [0.2, 0.25) is 0 Å². The molecule has 0 bridgehead atoms. The second-order valence-electron chi connectivity index (χ2n) is 6.17. The van der Waals surface area contributed by atoms with Gasteiger partial charge in [0.15, 0.2) is 0 Å². The van der Waals surface area contributed by atoms with Gasteiger partial charge in [-0.05, 0) is 57.2 Å². The highest BCUT2D eigenvalue weighted by atomic mass is 16.6. The maximum absolute atomic E-state index is 11.9.